The first-order valence-electron chi connectivity index (χ1n) is 5.38. The minimum atomic E-state index is -1.06. The van der Waals surface area contributed by atoms with E-state index in [1.807, 2.05) is 13.8 Å². The lowest BCUT2D eigenvalue weighted by Crippen LogP contribution is -2.33. The Morgan fingerprint density at radius 1 is 1.24 bits per heavy atom. The van der Waals surface area contributed by atoms with Gasteiger partial charge >= 0.3 is 0 Å². The lowest BCUT2D eigenvalue weighted by Gasteiger charge is -2.21. The maximum Gasteiger partial charge on any atom is 0.245 e. The molecular weight excluding hydrogens is 248 g/mol. The van der Waals surface area contributed by atoms with Crippen molar-refractivity contribution in [2.24, 2.45) is 0 Å². The third kappa shape index (κ3) is 3.40. The zero-order chi connectivity index (χ0) is 13.0. The number of rotatable bonds is 4. The van der Waals surface area contributed by atoms with Crippen LogP contribution in [0.3, 0.4) is 0 Å². The monoisotopic (exact) mass is 261 g/mol. The van der Waals surface area contributed by atoms with Crippen LogP contribution in [-0.4, -0.2) is 23.9 Å². The molecule has 1 unspecified atom stereocenters. The highest BCUT2D eigenvalue weighted by atomic mass is 35.5. The minimum absolute atomic E-state index is 0.140. The van der Waals surface area contributed by atoms with E-state index in [1.165, 1.54) is 4.90 Å². The fraction of sp³-hybridized carbons (Fsp3) is 0.417. The standard InChI is InChI=1S/C12H14ClF2NO/c1-3-16(4-2)12(17)11(13)8-5-9(14)7-10(15)6-8/h5-7,11H,3-4H2,1-2H3. The van der Waals surface area contributed by atoms with Gasteiger partial charge in [0, 0.05) is 19.2 Å². The Hall–Kier alpha value is -1.16. The lowest BCUT2D eigenvalue weighted by molar-refractivity contribution is -0.130. The molecule has 1 aromatic carbocycles. The van der Waals surface area contributed by atoms with Crippen molar-refractivity contribution in [2.75, 3.05) is 13.1 Å². The molecule has 17 heavy (non-hydrogen) atoms. The number of nitrogens with zero attached hydrogens (tertiary/aromatic N) is 1. The number of alkyl halides is 1. The number of hydrogen-bond acceptors (Lipinski definition) is 1. The Morgan fingerprint density at radius 2 is 1.71 bits per heavy atom. The van der Waals surface area contributed by atoms with E-state index in [9.17, 15) is 13.6 Å². The first kappa shape index (κ1) is 13.9. The van der Waals surface area contributed by atoms with Crippen LogP contribution in [0.25, 0.3) is 0 Å². The van der Waals surface area contributed by atoms with Crippen LogP contribution in [0.1, 0.15) is 24.8 Å². The highest BCUT2D eigenvalue weighted by Crippen LogP contribution is 2.24. The van der Waals surface area contributed by atoms with Gasteiger partial charge in [0.25, 0.3) is 0 Å². The third-order valence-corrected chi connectivity index (χ3v) is 2.91. The molecule has 0 aliphatic heterocycles. The van der Waals surface area contributed by atoms with E-state index < -0.39 is 17.0 Å². The molecule has 94 valence electrons. The van der Waals surface area contributed by atoms with E-state index >= 15 is 0 Å². The Balaban J connectivity index is 2.95. The van der Waals surface area contributed by atoms with Gasteiger partial charge in [-0.15, -0.1) is 11.6 Å². The average Bonchev–Trinajstić information content (AvgIpc) is 2.28. The predicted molar refractivity (Wildman–Crippen MR) is 62.9 cm³/mol. The summed E-state index contributed by atoms with van der Waals surface area (Å²) in [6.45, 7) is 4.65. The van der Waals surface area contributed by atoms with Gasteiger partial charge in [0.2, 0.25) is 5.91 Å². The van der Waals surface area contributed by atoms with Gasteiger partial charge in [-0.1, -0.05) is 0 Å². The second kappa shape index (κ2) is 5.96. The number of hydrogen-bond donors (Lipinski definition) is 0. The first-order valence-corrected chi connectivity index (χ1v) is 5.82. The first-order chi connectivity index (χ1) is 7.99. The van der Waals surface area contributed by atoms with E-state index in [4.69, 9.17) is 11.6 Å². The van der Waals surface area contributed by atoms with Gasteiger partial charge in [-0.05, 0) is 31.5 Å². The second-order valence-electron chi connectivity index (χ2n) is 3.58. The van der Waals surface area contributed by atoms with Crippen LogP contribution < -0.4 is 0 Å². The fourth-order valence-corrected chi connectivity index (χ4v) is 1.82. The molecule has 0 aromatic heterocycles. The van der Waals surface area contributed by atoms with Crippen LogP contribution in [0.4, 0.5) is 8.78 Å². The van der Waals surface area contributed by atoms with Crippen LogP contribution in [0.15, 0.2) is 18.2 Å². The summed E-state index contributed by atoms with van der Waals surface area (Å²) in [5, 5.41) is -1.06. The summed E-state index contributed by atoms with van der Waals surface area (Å²) in [5.41, 5.74) is 0.140. The smallest absolute Gasteiger partial charge is 0.245 e. The van der Waals surface area contributed by atoms with E-state index in [2.05, 4.69) is 0 Å². The van der Waals surface area contributed by atoms with Gasteiger partial charge in [0.05, 0.1) is 0 Å². The molecule has 1 amide bonds. The Morgan fingerprint density at radius 3 is 2.12 bits per heavy atom. The van der Waals surface area contributed by atoms with Gasteiger partial charge in [0.15, 0.2) is 0 Å². The molecule has 0 aliphatic rings. The summed E-state index contributed by atoms with van der Waals surface area (Å²) in [5.74, 6) is -1.82. The van der Waals surface area contributed by atoms with Crippen LogP contribution in [0, 0.1) is 11.6 Å². The molecule has 0 saturated heterocycles. The van der Waals surface area contributed by atoms with Crippen molar-refractivity contribution < 1.29 is 13.6 Å². The summed E-state index contributed by atoms with van der Waals surface area (Å²) in [6, 6.07) is 2.89. The molecule has 5 heteroatoms. The van der Waals surface area contributed by atoms with Crippen LogP contribution in [0.2, 0.25) is 0 Å². The lowest BCUT2D eigenvalue weighted by atomic mass is 10.1. The molecule has 0 aliphatic carbocycles. The normalized spacial score (nSPS) is 12.3. The SMILES string of the molecule is CCN(CC)C(=O)C(Cl)c1cc(F)cc(F)c1. The number of carbonyl (C=O) groups excluding carboxylic acids is 1. The quantitative estimate of drug-likeness (QED) is 0.763. The second-order valence-corrected chi connectivity index (χ2v) is 4.01. The Bertz CT molecular complexity index is 387. The number of benzene rings is 1. The zero-order valence-electron chi connectivity index (χ0n) is 9.71. The summed E-state index contributed by atoms with van der Waals surface area (Å²) >= 11 is 5.93. The van der Waals surface area contributed by atoms with Crippen LogP contribution in [-0.2, 0) is 4.79 Å². The van der Waals surface area contributed by atoms with Crippen molar-refractivity contribution in [3.8, 4) is 0 Å². The maximum atomic E-state index is 13.0. The molecule has 1 atom stereocenters. The number of carbonyl (C=O) groups is 1. The Labute approximate surface area is 104 Å². The molecule has 0 radical (unpaired) electrons. The number of likely N-dealkylation sites (N-methyl/N-ethyl adjacent to an activating group) is 1. The Kier molecular flexibility index (Phi) is 4.87. The van der Waals surface area contributed by atoms with Gasteiger partial charge in [-0.25, -0.2) is 8.78 Å². The topological polar surface area (TPSA) is 20.3 Å². The van der Waals surface area contributed by atoms with Crippen molar-refractivity contribution in [2.45, 2.75) is 19.2 Å². The fourth-order valence-electron chi connectivity index (χ4n) is 1.56. The average molecular weight is 262 g/mol. The molecule has 0 bridgehead atoms. The third-order valence-electron chi connectivity index (χ3n) is 2.47. The van der Waals surface area contributed by atoms with Gasteiger partial charge in [0.1, 0.15) is 17.0 Å². The molecule has 2 nitrogen and oxygen atoms in total. The van der Waals surface area contributed by atoms with E-state index in [1.54, 1.807) is 0 Å². The van der Waals surface area contributed by atoms with Crippen molar-refractivity contribution >= 4 is 17.5 Å². The predicted octanol–water partition coefficient (Wildman–Crippen LogP) is 3.11. The molecule has 1 rings (SSSR count). The van der Waals surface area contributed by atoms with E-state index in [0.717, 1.165) is 18.2 Å². The van der Waals surface area contributed by atoms with E-state index in [0.29, 0.717) is 13.1 Å². The van der Waals surface area contributed by atoms with Gasteiger partial charge in [-0.3, -0.25) is 4.79 Å². The summed E-state index contributed by atoms with van der Waals surface area (Å²) in [4.78, 5) is 13.4. The van der Waals surface area contributed by atoms with Crippen molar-refractivity contribution in [3.63, 3.8) is 0 Å². The summed E-state index contributed by atoms with van der Waals surface area (Å²) in [6.07, 6.45) is 0. The largest absolute Gasteiger partial charge is 0.342 e. The van der Waals surface area contributed by atoms with Crippen molar-refractivity contribution in [3.05, 3.63) is 35.4 Å². The molecule has 0 fully saturated rings. The van der Waals surface area contributed by atoms with Gasteiger partial charge in [-0.2, -0.15) is 0 Å². The van der Waals surface area contributed by atoms with Gasteiger partial charge < -0.3 is 4.90 Å². The minimum Gasteiger partial charge on any atom is -0.342 e. The van der Waals surface area contributed by atoms with Crippen LogP contribution in [0.5, 0.6) is 0 Å². The highest BCUT2D eigenvalue weighted by molar-refractivity contribution is 6.30. The molecule has 1 aromatic rings. The molecule has 0 saturated carbocycles. The molecular formula is C12H14ClF2NO. The number of amides is 1. The van der Waals surface area contributed by atoms with E-state index in [-0.39, 0.29) is 11.5 Å². The van der Waals surface area contributed by atoms with Crippen molar-refractivity contribution in [1.29, 1.82) is 0 Å². The number of halogens is 3. The van der Waals surface area contributed by atoms with Crippen molar-refractivity contribution in [1.82, 2.24) is 4.90 Å². The zero-order valence-corrected chi connectivity index (χ0v) is 10.5. The van der Waals surface area contributed by atoms with Crippen LogP contribution >= 0.6 is 11.6 Å². The summed E-state index contributed by atoms with van der Waals surface area (Å²) < 4.78 is 26.0. The molecule has 0 spiro atoms. The summed E-state index contributed by atoms with van der Waals surface area (Å²) in [7, 11) is 0. The highest BCUT2D eigenvalue weighted by Gasteiger charge is 2.23. The maximum absolute atomic E-state index is 13.0. The molecule has 0 N–H and O–H groups in total. The molecule has 0 heterocycles.